The molecule has 0 atom stereocenters. The van der Waals surface area contributed by atoms with E-state index in [1.807, 2.05) is 32.9 Å². The van der Waals surface area contributed by atoms with Gasteiger partial charge in [-0.25, -0.2) is 0 Å². The lowest BCUT2D eigenvalue weighted by Crippen LogP contribution is -2.60. The molecule has 3 heteroatoms. The number of benzene rings is 1. The molecule has 2 N–H and O–H groups in total. The summed E-state index contributed by atoms with van der Waals surface area (Å²) < 4.78 is 5.82. The van der Waals surface area contributed by atoms with Gasteiger partial charge in [0.05, 0.1) is 11.5 Å². The zero-order valence-electron chi connectivity index (χ0n) is 10.6. The molecule has 0 bridgehead atoms. The topological polar surface area (TPSA) is 59.0 Å². The standard InChI is InChI=1S/C14H18N2O/c1-10-4-11(2)6-12(5-10)17-14(16)7-13(3,8-14)9-15/h4-6H,7-8,16H2,1-3H3. The SMILES string of the molecule is Cc1cc(C)cc(OC2(N)CC(C)(C#N)C2)c1. The quantitative estimate of drug-likeness (QED) is 0.794. The summed E-state index contributed by atoms with van der Waals surface area (Å²) in [7, 11) is 0. The number of hydrogen-bond donors (Lipinski definition) is 1. The van der Waals surface area contributed by atoms with Crippen LogP contribution in [0.1, 0.15) is 30.9 Å². The van der Waals surface area contributed by atoms with Crippen molar-refractivity contribution < 1.29 is 4.74 Å². The van der Waals surface area contributed by atoms with Crippen molar-refractivity contribution in [1.82, 2.24) is 0 Å². The predicted octanol–water partition coefficient (Wildman–Crippen LogP) is 2.66. The van der Waals surface area contributed by atoms with E-state index in [9.17, 15) is 0 Å². The van der Waals surface area contributed by atoms with Crippen molar-refractivity contribution in [2.24, 2.45) is 11.1 Å². The molecule has 1 aromatic rings. The molecule has 1 fully saturated rings. The van der Waals surface area contributed by atoms with Crippen LogP contribution in [0.25, 0.3) is 0 Å². The van der Waals surface area contributed by atoms with Gasteiger partial charge in [0.15, 0.2) is 5.72 Å². The lowest BCUT2D eigenvalue weighted by Gasteiger charge is -2.47. The molecule has 90 valence electrons. The zero-order chi connectivity index (χ0) is 12.7. The zero-order valence-corrected chi connectivity index (χ0v) is 10.6. The van der Waals surface area contributed by atoms with Crippen LogP contribution in [0.2, 0.25) is 0 Å². The van der Waals surface area contributed by atoms with Crippen LogP contribution < -0.4 is 10.5 Å². The summed E-state index contributed by atoms with van der Waals surface area (Å²) in [5, 5.41) is 8.97. The molecule has 2 rings (SSSR count). The third-order valence-corrected chi connectivity index (χ3v) is 3.17. The monoisotopic (exact) mass is 230 g/mol. The second-order valence-electron chi connectivity index (χ2n) is 5.52. The Labute approximate surface area is 102 Å². The largest absolute Gasteiger partial charge is 0.473 e. The first-order chi connectivity index (χ1) is 7.84. The Morgan fingerprint density at radius 3 is 2.24 bits per heavy atom. The Hall–Kier alpha value is -1.53. The Morgan fingerprint density at radius 1 is 1.24 bits per heavy atom. The van der Waals surface area contributed by atoms with Crippen LogP contribution in [0.4, 0.5) is 0 Å². The van der Waals surface area contributed by atoms with E-state index in [0.29, 0.717) is 12.8 Å². The van der Waals surface area contributed by atoms with Gasteiger partial charge in [0.1, 0.15) is 5.75 Å². The van der Waals surface area contributed by atoms with Crippen molar-refractivity contribution in [1.29, 1.82) is 5.26 Å². The smallest absolute Gasteiger partial charge is 0.161 e. The molecule has 0 heterocycles. The maximum absolute atomic E-state index is 8.97. The Morgan fingerprint density at radius 2 is 1.76 bits per heavy atom. The molecule has 0 aromatic heterocycles. The van der Waals surface area contributed by atoms with Crippen molar-refractivity contribution in [3.8, 4) is 11.8 Å². The van der Waals surface area contributed by atoms with E-state index in [1.54, 1.807) is 0 Å². The Kier molecular flexibility index (Phi) is 2.63. The minimum Gasteiger partial charge on any atom is -0.473 e. The molecule has 0 aliphatic heterocycles. The Balaban J connectivity index is 2.10. The summed E-state index contributed by atoms with van der Waals surface area (Å²) in [6.45, 7) is 5.98. The van der Waals surface area contributed by atoms with Crippen LogP contribution in [0.5, 0.6) is 5.75 Å². The predicted molar refractivity (Wildman–Crippen MR) is 66.4 cm³/mol. The number of nitriles is 1. The minimum atomic E-state index is -0.676. The highest BCUT2D eigenvalue weighted by atomic mass is 16.5. The molecule has 0 saturated heterocycles. The maximum atomic E-state index is 8.97. The average molecular weight is 230 g/mol. The lowest BCUT2D eigenvalue weighted by molar-refractivity contribution is -0.0691. The van der Waals surface area contributed by atoms with Gasteiger partial charge in [-0.15, -0.1) is 0 Å². The van der Waals surface area contributed by atoms with Crippen LogP contribution in [0.3, 0.4) is 0 Å². The van der Waals surface area contributed by atoms with Crippen LogP contribution in [-0.2, 0) is 0 Å². The van der Waals surface area contributed by atoms with Crippen molar-refractivity contribution in [2.75, 3.05) is 0 Å². The van der Waals surface area contributed by atoms with Crippen molar-refractivity contribution in [3.05, 3.63) is 29.3 Å². The van der Waals surface area contributed by atoms with Crippen molar-refractivity contribution in [2.45, 2.75) is 39.3 Å². The van der Waals surface area contributed by atoms with Crippen LogP contribution in [-0.4, -0.2) is 5.72 Å². The second kappa shape index (κ2) is 3.75. The number of aryl methyl sites for hydroxylation is 2. The first kappa shape index (κ1) is 11.9. The average Bonchev–Trinajstić information content (AvgIpc) is 2.13. The van der Waals surface area contributed by atoms with Crippen LogP contribution in [0, 0.1) is 30.6 Å². The molecule has 1 aliphatic carbocycles. The number of ether oxygens (including phenoxy) is 1. The number of rotatable bonds is 2. The fourth-order valence-corrected chi connectivity index (χ4v) is 2.65. The highest BCUT2D eigenvalue weighted by molar-refractivity contribution is 5.34. The first-order valence-corrected chi connectivity index (χ1v) is 5.82. The van der Waals surface area contributed by atoms with Gasteiger partial charge in [0, 0.05) is 12.8 Å². The number of nitrogens with two attached hydrogens (primary N) is 1. The molecule has 17 heavy (non-hydrogen) atoms. The molecule has 3 nitrogen and oxygen atoms in total. The first-order valence-electron chi connectivity index (χ1n) is 5.82. The van der Waals surface area contributed by atoms with Gasteiger partial charge in [0.25, 0.3) is 0 Å². The van der Waals surface area contributed by atoms with Crippen LogP contribution in [0.15, 0.2) is 18.2 Å². The molecule has 0 amide bonds. The van der Waals surface area contributed by atoms with E-state index in [1.165, 1.54) is 0 Å². The molecule has 0 spiro atoms. The normalized spacial score (nSPS) is 31.5. The van der Waals surface area contributed by atoms with Crippen LogP contribution >= 0.6 is 0 Å². The minimum absolute atomic E-state index is 0.326. The van der Waals surface area contributed by atoms with E-state index in [4.69, 9.17) is 15.7 Å². The van der Waals surface area contributed by atoms with Gasteiger partial charge in [-0.2, -0.15) is 5.26 Å². The highest BCUT2D eigenvalue weighted by Gasteiger charge is 2.52. The summed E-state index contributed by atoms with van der Waals surface area (Å²) in [5.74, 6) is 0.796. The molecular formula is C14H18N2O. The maximum Gasteiger partial charge on any atom is 0.161 e. The van der Waals surface area contributed by atoms with E-state index < -0.39 is 5.72 Å². The molecular weight excluding hydrogens is 212 g/mol. The molecule has 0 radical (unpaired) electrons. The summed E-state index contributed by atoms with van der Waals surface area (Å²) in [4.78, 5) is 0. The van der Waals surface area contributed by atoms with Crippen molar-refractivity contribution >= 4 is 0 Å². The van der Waals surface area contributed by atoms with E-state index in [0.717, 1.165) is 16.9 Å². The summed E-state index contributed by atoms with van der Waals surface area (Å²) in [5.41, 5.74) is 7.43. The van der Waals surface area contributed by atoms with Gasteiger partial charge in [0.2, 0.25) is 0 Å². The third kappa shape index (κ3) is 2.42. The molecule has 0 unspecified atom stereocenters. The number of nitrogens with zero attached hydrogens (tertiary/aromatic N) is 1. The molecule has 1 saturated carbocycles. The van der Waals surface area contributed by atoms with Gasteiger partial charge in [-0.3, -0.25) is 5.73 Å². The highest BCUT2D eigenvalue weighted by Crippen LogP contribution is 2.47. The van der Waals surface area contributed by atoms with Gasteiger partial charge in [-0.1, -0.05) is 6.07 Å². The van der Waals surface area contributed by atoms with E-state index in [2.05, 4.69) is 12.1 Å². The Bertz CT molecular complexity index is 461. The van der Waals surface area contributed by atoms with Gasteiger partial charge < -0.3 is 4.74 Å². The fourth-order valence-electron chi connectivity index (χ4n) is 2.65. The van der Waals surface area contributed by atoms with Gasteiger partial charge >= 0.3 is 0 Å². The second-order valence-corrected chi connectivity index (χ2v) is 5.52. The molecule has 1 aromatic carbocycles. The van der Waals surface area contributed by atoms with Crippen molar-refractivity contribution in [3.63, 3.8) is 0 Å². The summed E-state index contributed by atoms with van der Waals surface area (Å²) in [6.07, 6.45) is 1.17. The lowest BCUT2D eigenvalue weighted by atomic mass is 9.65. The van der Waals surface area contributed by atoms with E-state index >= 15 is 0 Å². The van der Waals surface area contributed by atoms with Gasteiger partial charge in [-0.05, 0) is 44.0 Å². The van der Waals surface area contributed by atoms with E-state index in [-0.39, 0.29) is 5.41 Å². The third-order valence-electron chi connectivity index (χ3n) is 3.17. The summed E-state index contributed by atoms with van der Waals surface area (Å²) >= 11 is 0. The summed E-state index contributed by atoms with van der Waals surface area (Å²) in [6, 6.07) is 8.33. The fraction of sp³-hybridized carbons (Fsp3) is 0.500. The molecule has 1 aliphatic rings. The number of hydrogen-bond acceptors (Lipinski definition) is 3.